The summed E-state index contributed by atoms with van der Waals surface area (Å²) in [4.78, 5) is 7.07. The summed E-state index contributed by atoms with van der Waals surface area (Å²) < 4.78 is 6.10. The topological polar surface area (TPSA) is 84.7 Å². The molecule has 0 bridgehead atoms. The predicted octanol–water partition coefficient (Wildman–Crippen LogP) is 1.92. The van der Waals surface area contributed by atoms with Crippen molar-refractivity contribution >= 4 is 51.9 Å². The minimum absolute atomic E-state index is 0.326. The van der Waals surface area contributed by atoms with Crippen LogP contribution in [0.5, 0.6) is 0 Å². The maximum absolute atomic E-state index is 6.14. The van der Waals surface area contributed by atoms with E-state index in [4.69, 9.17) is 17.8 Å². The summed E-state index contributed by atoms with van der Waals surface area (Å²) in [7, 11) is 4.80. The van der Waals surface area contributed by atoms with Gasteiger partial charge in [-0.25, -0.2) is 9.38 Å². The van der Waals surface area contributed by atoms with E-state index in [-0.39, 0.29) is 0 Å². The molecule has 3 aromatic rings. The molecule has 0 saturated heterocycles. The van der Waals surface area contributed by atoms with Crippen LogP contribution >= 0.6 is 10.5 Å². The number of benzene rings is 1. The highest BCUT2D eigenvalue weighted by atomic mass is 32.2. The smallest absolute Gasteiger partial charge is 0.213 e. The highest BCUT2D eigenvalue weighted by Gasteiger charge is 2.17. The first kappa shape index (κ1) is 17.4. The number of aromatic nitrogens is 4. The molecule has 3 rings (SSSR count). The van der Waals surface area contributed by atoms with E-state index in [0.29, 0.717) is 5.84 Å². The lowest BCUT2D eigenvalue weighted by Crippen LogP contribution is -2.27. The standard InChI is InChI=1S/C16H20BN7S/c1-4-9-23(5-2)16-20-13-11(14(18)22-25(3)17)7-6-8-12(13)15-21-19-10-24(15)16/h6-8,10H,3-5,9H2,1-2H3,(H2,18,22). The second-order valence-corrected chi connectivity index (χ2v) is 6.58. The lowest BCUT2D eigenvalue weighted by Gasteiger charge is -2.22. The minimum Gasteiger partial charge on any atom is -0.383 e. The first-order valence-electron chi connectivity index (χ1n) is 8.07. The zero-order valence-corrected chi connectivity index (χ0v) is 15.2. The molecular weight excluding hydrogens is 333 g/mol. The average Bonchev–Trinajstić information content (AvgIpc) is 3.08. The van der Waals surface area contributed by atoms with E-state index in [1.165, 1.54) is 0 Å². The summed E-state index contributed by atoms with van der Waals surface area (Å²) >= 11 is 0. The average molecular weight is 353 g/mol. The number of amidine groups is 1. The number of para-hydroxylation sites is 1. The largest absolute Gasteiger partial charge is 0.383 e. The Bertz CT molecular complexity index is 966. The molecule has 7 nitrogen and oxygen atoms in total. The normalized spacial score (nSPS) is 13.4. The van der Waals surface area contributed by atoms with E-state index in [1.807, 2.05) is 22.6 Å². The van der Waals surface area contributed by atoms with E-state index in [0.717, 1.165) is 47.6 Å². The molecular formula is C16H20BN7S. The number of hydrogen-bond donors (Lipinski definition) is 1. The third-order valence-electron chi connectivity index (χ3n) is 3.90. The molecule has 0 aliphatic carbocycles. The number of nitrogens with zero attached hydrogens (tertiary/aromatic N) is 6. The van der Waals surface area contributed by atoms with Gasteiger partial charge in [-0.1, -0.05) is 18.9 Å². The summed E-state index contributed by atoms with van der Waals surface area (Å²) in [5, 5.41) is 9.21. The summed E-state index contributed by atoms with van der Waals surface area (Å²) in [6, 6.07) is 5.74. The lowest BCUT2D eigenvalue weighted by molar-refractivity contribution is 0.756. The summed E-state index contributed by atoms with van der Waals surface area (Å²) in [6.07, 6.45) is 2.70. The van der Waals surface area contributed by atoms with Gasteiger partial charge < -0.3 is 10.6 Å². The Kier molecular flexibility index (Phi) is 5.03. The second-order valence-electron chi connectivity index (χ2n) is 5.60. The van der Waals surface area contributed by atoms with E-state index < -0.39 is 10.5 Å². The maximum atomic E-state index is 6.14. The fraction of sp³-hybridized carbons (Fsp3) is 0.312. The van der Waals surface area contributed by atoms with Crippen LogP contribution in [-0.4, -0.2) is 51.5 Å². The molecule has 2 heterocycles. The van der Waals surface area contributed by atoms with Crippen LogP contribution in [0, 0.1) is 0 Å². The van der Waals surface area contributed by atoms with Gasteiger partial charge >= 0.3 is 0 Å². The van der Waals surface area contributed by atoms with Crippen LogP contribution < -0.4 is 10.6 Å². The van der Waals surface area contributed by atoms with Gasteiger partial charge in [0, 0.05) is 24.0 Å². The highest BCUT2D eigenvalue weighted by molar-refractivity contribution is 8.31. The fourth-order valence-electron chi connectivity index (χ4n) is 2.84. The van der Waals surface area contributed by atoms with Crippen molar-refractivity contribution in [2.24, 2.45) is 10.1 Å². The fourth-order valence-corrected chi connectivity index (χ4v) is 3.19. The van der Waals surface area contributed by atoms with Gasteiger partial charge in [-0.15, -0.1) is 20.7 Å². The van der Waals surface area contributed by atoms with Crippen LogP contribution in [0.25, 0.3) is 16.6 Å². The number of hydrogen-bond acceptors (Lipinski definition) is 5. The lowest BCUT2D eigenvalue weighted by atomic mass is 10.1. The Morgan fingerprint density at radius 1 is 1.44 bits per heavy atom. The SMILES string of the molecule is [B]S(=C)/N=C(/N)c1cccc2c1nc(N(CC)CCC)n1cnnc21. The van der Waals surface area contributed by atoms with Crippen molar-refractivity contribution in [3.8, 4) is 0 Å². The van der Waals surface area contributed by atoms with Crippen molar-refractivity contribution in [2.45, 2.75) is 20.3 Å². The van der Waals surface area contributed by atoms with Crippen LogP contribution in [0.1, 0.15) is 25.8 Å². The third kappa shape index (κ3) is 3.24. The molecule has 9 heteroatoms. The molecule has 0 fully saturated rings. The number of anilines is 1. The van der Waals surface area contributed by atoms with Crippen molar-refractivity contribution in [3.63, 3.8) is 0 Å². The first-order valence-corrected chi connectivity index (χ1v) is 9.48. The Hall–Kier alpha value is -2.42. The molecule has 0 aliphatic heterocycles. The van der Waals surface area contributed by atoms with Crippen molar-refractivity contribution in [1.82, 2.24) is 19.6 Å². The molecule has 128 valence electrons. The molecule has 0 saturated carbocycles. The first-order chi connectivity index (χ1) is 12.1. The van der Waals surface area contributed by atoms with Gasteiger partial charge in [-0.2, -0.15) is 0 Å². The Labute approximate surface area is 150 Å². The molecule has 2 N–H and O–H groups in total. The van der Waals surface area contributed by atoms with Crippen LogP contribution in [0.15, 0.2) is 28.9 Å². The van der Waals surface area contributed by atoms with E-state index in [1.54, 1.807) is 6.33 Å². The molecule has 25 heavy (non-hydrogen) atoms. The zero-order valence-electron chi connectivity index (χ0n) is 14.4. The van der Waals surface area contributed by atoms with Gasteiger partial charge in [0.25, 0.3) is 0 Å². The van der Waals surface area contributed by atoms with Crippen LogP contribution in [0.4, 0.5) is 5.95 Å². The van der Waals surface area contributed by atoms with Crippen molar-refractivity contribution in [1.29, 1.82) is 0 Å². The van der Waals surface area contributed by atoms with Gasteiger partial charge in [0.05, 0.1) is 5.52 Å². The number of fused-ring (bicyclic) bond motifs is 3. The molecule has 1 unspecified atom stereocenters. The third-order valence-corrected chi connectivity index (χ3v) is 4.33. The van der Waals surface area contributed by atoms with E-state index in [2.05, 4.69) is 39.2 Å². The zero-order chi connectivity index (χ0) is 18.0. The molecule has 2 aromatic heterocycles. The van der Waals surface area contributed by atoms with Crippen LogP contribution in [0.2, 0.25) is 0 Å². The highest BCUT2D eigenvalue weighted by Crippen LogP contribution is 2.25. The predicted molar refractivity (Wildman–Crippen MR) is 108 cm³/mol. The molecule has 1 atom stereocenters. The van der Waals surface area contributed by atoms with Gasteiger partial charge in [-0.05, 0) is 25.5 Å². The van der Waals surface area contributed by atoms with Gasteiger partial charge in [0.1, 0.15) is 12.2 Å². The van der Waals surface area contributed by atoms with Crippen molar-refractivity contribution in [3.05, 3.63) is 30.1 Å². The summed E-state index contributed by atoms with van der Waals surface area (Å²) in [5.41, 5.74) is 8.34. The van der Waals surface area contributed by atoms with Gasteiger partial charge in [-0.3, -0.25) is 4.40 Å². The van der Waals surface area contributed by atoms with Gasteiger partial charge in [0.15, 0.2) is 12.8 Å². The van der Waals surface area contributed by atoms with Crippen LogP contribution in [0.3, 0.4) is 0 Å². The number of rotatable bonds is 6. The maximum Gasteiger partial charge on any atom is 0.213 e. The molecule has 0 spiro atoms. The summed E-state index contributed by atoms with van der Waals surface area (Å²) in [5.74, 6) is 4.81. The Morgan fingerprint density at radius 2 is 2.24 bits per heavy atom. The summed E-state index contributed by atoms with van der Waals surface area (Å²) in [6.45, 7) is 5.96. The second kappa shape index (κ2) is 7.22. The van der Waals surface area contributed by atoms with Crippen LogP contribution in [-0.2, 0) is 0 Å². The molecule has 2 radical (unpaired) electrons. The van der Waals surface area contributed by atoms with E-state index >= 15 is 0 Å². The molecule has 1 aromatic carbocycles. The minimum atomic E-state index is -0.886. The van der Waals surface area contributed by atoms with Crippen molar-refractivity contribution < 1.29 is 0 Å². The Balaban J connectivity index is 2.34. The van der Waals surface area contributed by atoms with Gasteiger partial charge in [0.2, 0.25) is 5.95 Å². The Morgan fingerprint density at radius 3 is 2.92 bits per heavy atom. The molecule has 0 aliphatic rings. The van der Waals surface area contributed by atoms with Crippen molar-refractivity contribution in [2.75, 3.05) is 18.0 Å². The quantitative estimate of drug-likeness (QED) is 0.317. The molecule has 0 amide bonds. The number of nitrogens with two attached hydrogens (primary N) is 1. The van der Waals surface area contributed by atoms with E-state index in [9.17, 15) is 0 Å². The monoisotopic (exact) mass is 353 g/mol.